The van der Waals surface area contributed by atoms with Crippen molar-refractivity contribution in [3.63, 3.8) is 0 Å². The van der Waals surface area contributed by atoms with Crippen LogP contribution in [0.1, 0.15) is 44.9 Å². The number of allylic oxidation sites excluding steroid dienone is 1. The van der Waals surface area contributed by atoms with Gasteiger partial charge >= 0.3 is 5.97 Å². The summed E-state index contributed by atoms with van der Waals surface area (Å²) in [6.45, 7) is 11.4. The Labute approximate surface area is 240 Å². The van der Waals surface area contributed by atoms with Gasteiger partial charge in [-0.2, -0.15) is 0 Å². The van der Waals surface area contributed by atoms with E-state index in [1.807, 2.05) is 38.1 Å². The number of hydrogen-bond donors (Lipinski definition) is 0. The molecule has 1 aliphatic heterocycles. The van der Waals surface area contributed by atoms with Crippen molar-refractivity contribution < 1.29 is 19.0 Å². The molecule has 204 valence electrons. The minimum absolute atomic E-state index is 0.125. The van der Waals surface area contributed by atoms with Crippen molar-refractivity contribution in [3.05, 3.63) is 101 Å². The summed E-state index contributed by atoms with van der Waals surface area (Å²) in [6.07, 6.45) is 3.13. The van der Waals surface area contributed by atoms with Crippen LogP contribution in [0, 0.1) is 0 Å². The third kappa shape index (κ3) is 5.98. The van der Waals surface area contributed by atoms with Gasteiger partial charge in [-0.1, -0.05) is 65.4 Å². The van der Waals surface area contributed by atoms with E-state index in [0.29, 0.717) is 47.7 Å². The van der Waals surface area contributed by atoms with E-state index >= 15 is 0 Å². The zero-order valence-electron chi connectivity index (χ0n) is 22.0. The molecule has 0 unspecified atom stereocenters. The van der Waals surface area contributed by atoms with Gasteiger partial charge in [-0.15, -0.1) is 0 Å². The lowest BCUT2D eigenvalue weighted by molar-refractivity contribution is -0.139. The van der Waals surface area contributed by atoms with E-state index in [1.165, 1.54) is 15.9 Å². The van der Waals surface area contributed by atoms with E-state index in [9.17, 15) is 9.59 Å². The molecular weight excluding hydrogens is 559 g/mol. The number of thiazole rings is 1. The fraction of sp³-hybridized carbons (Fsp3) is 0.276. The number of para-hydroxylation sites is 1. The molecule has 2 aromatic carbocycles. The second-order valence-electron chi connectivity index (χ2n) is 8.91. The van der Waals surface area contributed by atoms with Crippen LogP contribution in [0.4, 0.5) is 0 Å². The van der Waals surface area contributed by atoms with Crippen LogP contribution in [0.3, 0.4) is 0 Å². The summed E-state index contributed by atoms with van der Waals surface area (Å²) < 4.78 is 19.1. The van der Waals surface area contributed by atoms with Crippen LogP contribution in [-0.2, 0) is 9.53 Å². The van der Waals surface area contributed by atoms with Crippen LogP contribution >= 0.6 is 34.5 Å². The highest BCUT2D eigenvalue weighted by molar-refractivity contribution is 7.07. The fourth-order valence-corrected chi connectivity index (χ4v) is 5.88. The van der Waals surface area contributed by atoms with Crippen LogP contribution in [0.15, 0.2) is 70.1 Å². The van der Waals surface area contributed by atoms with Crippen LogP contribution in [0.5, 0.6) is 11.5 Å². The molecule has 7 nitrogen and oxygen atoms in total. The zero-order chi connectivity index (χ0) is 28.3. The number of benzene rings is 2. The molecular formula is C29H28Cl2N2O5S. The Morgan fingerprint density at radius 3 is 2.69 bits per heavy atom. The Kier molecular flexibility index (Phi) is 9.00. The van der Waals surface area contributed by atoms with Crippen molar-refractivity contribution in [2.75, 3.05) is 13.2 Å². The number of carbonyl (C=O) groups excluding carboxylic acids is 1. The van der Waals surface area contributed by atoms with Crippen molar-refractivity contribution in [2.45, 2.75) is 39.8 Å². The second kappa shape index (κ2) is 12.2. The Morgan fingerprint density at radius 1 is 1.26 bits per heavy atom. The summed E-state index contributed by atoms with van der Waals surface area (Å²) in [7, 11) is 0. The van der Waals surface area contributed by atoms with Crippen molar-refractivity contribution in [1.29, 1.82) is 0 Å². The molecule has 10 heteroatoms. The zero-order valence-corrected chi connectivity index (χ0v) is 24.3. The normalized spacial score (nSPS) is 15.2. The molecule has 0 saturated heterocycles. The number of carbonyl (C=O) groups is 1. The summed E-state index contributed by atoms with van der Waals surface area (Å²) in [5.74, 6) is 0.395. The fourth-order valence-electron chi connectivity index (χ4n) is 4.28. The first-order valence-electron chi connectivity index (χ1n) is 12.3. The highest BCUT2D eigenvalue weighted by atomic mass is 35.5. The lowest BCUT2D eigenvalue weighted by Crippen LogP contribution is -2.40. The maximum absolute atomic E-state index is 14.0. The molecule has 0 bridgehead atoms. The summed E-state index contributed by atoms with van der Waals surface area (Å²) in [5.41, 5.74) is 1.57. The SMILES string of the molecule is C=CCOc1c(Cl)cc(Cl)cc1/C=c1\sc2n(c1=O)[C@@H](c1ccccc1OC(C)C)C(C(=O)OCC)=C(C)N=2. The molecule has 1 aliphatic rings. The van der Waals surface area contributed by atoms with E-state index < -0.39 is 12.0 Å². The van der Waals surface area contributed by atoms with Gasteiger partial charge in [0.25, 0.3) is 5.56 Å². The maximum atomic E-state index is 14.0. The molecule has 1 atom stereocenters. The summed E-state index contributed by atoms with van der Waals surface area (Å²) in [6, 6.07) is 9.78. The number of nitrogens with zero attached hydrogens (tertiary/aromatic N) is 2. The molecule has 4 rings (SSSR count). The second-order valence-corrected chi connectivity index (χ2v) is 10.8. The summed E-state index contributed by atoms with van der Waals surface area (Å²) in [4.78, 5) is 32.3. The first-order chi connectivity index (χ1) is 18.7. The molecule has 2 heterocycles. The summed E-state index contributed by atoms with van der Waals surface area (Å²) >= 11 is 13.9. The molecule has 3 aromatic rings. The summed E-state index contributed by atoms with van der Waals surface area (Å²) in [5, 5.41) is 0.699. The first kappa shape index (κ1) is 28.7. The maximum Gasteiger partial charge on any atom is 0.338 e. The topological polar surface area (TPSA) is 79.1 Å². The van der Waals surface area contributed by atoms with Crippen LogP contribution in [-0.4, -0.2) is 29.9 Å². The molecule has 0 aliphatic carbocycles. The highest BCUT2D eigenvalue weighted by Gasteiger charge is 2.35. The number of hydrogen-bond acceptors (Lipinski definition) is 7. The number of esters is 1. The van der Waals surface area contributed by atoms with Gasteiger partial charge in [0, 0.05) is 16.1 Å². The number of ether oxygens (including phenoxy) is 3. The van der Waals surface area contributed by atoms with E-state index in [0.717, 1.165) is 0 Å². The van der Waals surface area contributed by atoms with Gasteiger partial charge in [-0.05, 0) is 52.0 Å². The Hall–Kier alpha value is -3.33. The highest BCUT2D eigenvalue weighted by Crippen LogP contribution is 2.36. The predicted molar refractivity (Wildman–Crippen MR) is 155 cm³/mol. The Balaban J connectivity index is 1.99. The van der Waals surface area contributed by atoms with Gasteiger partial charge in [0.2, 0.25) is 0 Å². The molecule has 0 radical (unpaired) electrons. The number of aromatic nitrogens is 1. The van der Waals surface area contributed by atoms with E-state index in [4.69, 9.17) is 37.4 Å². The quantitative estimate of drug-likeness (QED) is 0.246. The van der Waals surface area contributed by atoms with E-state index in [2.05, 4.69) is 11.6 Å². The van der Waals surface area contributed by atoms with Crippen molar-refractivity contribution >= 4 is 46.6 Å². The monoisotopic (exact) mass is 586 g/mol. The third-order valence-corrected chi connectivity index (χ3v) is 7.24. The lowest BCUT2D eigenvalue weighted by atomic mass is 9.95. The number of rotatable bonds is 9. The molecule has 0 N–H and O–H groups in total. The molecule has 0 amide bonds. The standard InChI is InChI=1S/C29H28Cl2N2O5S/c1-6-12-37-26-18(13-19(30)15-21(26)31)14-23-27(34)33-25(20-10-8-9-11-22(20)38-16(3)4)24(28(35)36-7-2)17(5)32-29(33)39-23/h6,8-11,13-16,25H,1,7,12H2,2-5H3/b23-14-/t25-/m0/s1. The van der Waals surface area contributed by atoms with Crippen LogP contribution in [0.25, 0.3) is 6.08 Å². The first-order valence-corrected chi connectivity index (χ1v) is 13.9. The van der Waals surface area contributed by atoms with Crippen LogP contribution < -0.4 is 24.4 Å². The van der Waals surface area contributed by atoms with Crippen molar-refractivity contribution in [3.8, 4) is 11.5 Å². The Morgan fingerprint density at radius 2 is 2.00 bits per heavy atom. The predicted octanol–water partition coefficient (Wildman–Crippen LogP) is 5.46. The van der Waals surface area contributed by atoms with Gasteiger partial charge in [0.1, 0.15) is 24.1 Å². The van der Waals surface area contributed by atoms with E-state index in [1.54, 1.807) is 38.1 Å². The largest absolute Gasteiger partial charge is 0.491 e. The van der Waals surface area contributed by atoms with Gasteiger partial charge in [-0.3, -0.25) is 9.36 Å². The average molecular weight is 588 g/mol. The smallest absolute Gasteiger partial charge is 0.338 e. The molecule has 0 spiro atoms. The van der Waals surface area contributed by atoms with E-state index in [-0.39, 0.29) is 30.5 Å². The van der Waals surface area contributed by atoms with Crippen molar-refractivity contribution in [2.24, 2.45) is 4.99 Å². The van der Waals surface area contributed by atoms with Crippen molar-refractivity contribution in [1.82, 2.24) is 4.57 Å². The van der Waals surface area contributed by atoms with Crippen LogP contribution in [0.2, 0.25) is 10.0 Å². The van der Waals surface area contributed by atoms with Gasteiger partial charge < -0.3 is 14.2 Å². The minimum atomic E-state index is -0.808. The third-order valence-electron chi connectivity index (χ3n) is 5.76. The minimum Gasteiger partial charge on any atom is -0.491 e. The lowest BCUT2D eigenvalue weighted by Gasteiger charge is -2.26. The van der Waals surface area contributed by atoms with Gasteiger partial charge in [-0.25, -0.2) is 9.79 Å². The molecule has 1 aromatic heterocycles. The van der Waals surface area contributed by atoms with Gasteiger partial charge in [0.05, 0.1) is 33.5 Å². The molecule has 39 heavy (non-hydrogen) atoms. The molecule has 0 saturated carbocycles. The van der Waals surface area contributed by atoms with Gasteiger partial charge in [0.15, 0.2) is 4.80 Å². The number of halogens is 2. The Bertz CT molecular complexity index is 1640. The number of fused-ring (bicyclic) bond motifs is 1. The molecule has 0 fully saturated rings. The average Bonchev–Trinajstić information content (AvgIpc) is 3.17.